The van der Waals surface area contributed by atoms with Crippen molar-refractivity contribution in [2.45, 2.75) is 18.9 Å². The molecule has 2 rings (SSSR count). The van der Waals surface area contributed by atoms with Gasteiger partial charge >= 0.3 is 0 Å². The van der Waals surface area contributed by atoms with Gasteiger partial charge < -0.3 is 10.2 Å². The average Bonchev–Trinajstić information content (AvgIpc) is 3.01. The molecule has 0 aliphatic heterocycles. The summed E-state index contributed by atoms with van der Waals surface area (Å²) in [5.41, 5.74) is 0. The summed E-state index contributed by atoms with van der Waals surface area (Å²) < 4.78 is 26.0. The van der Waals surface area contributed by atoms with Crippen molar-refractivity contribution in [1.82, 2.24) is 10.3 Å². The van der Waals surface area contributed by atoms with Crippen molar-refractivity contribution in [2.75, 3.05) is 25.0 Å². The molecule has 1 fully saturated rings. The number of pyridine rings is 1. The van der Waals surface area contributed by atoms with Crippen LogP contribution in [0.25, 0.3) is 0 Å². The normalized spacial score (nSPS) is 15.2. The average molecular weight is 227 g/mol. The zero-order chi connectivity index (χ0) is 11.5. The van der Waals surface area contributed by atoms with Crippen LogP contribution in [0, 0.1) is 11.6 Å². The number of hydrogen-bond donors (Lipinski definition) is 1. The van der Waals surface area contributed by atoms with E-state index >= 15 is 0 Å². The molecule has 1 heterocycles. The van der Waals surface area contributed by atoms with Gasteiger partial charge in [0.15, 0.2) is 11.6 Å². The summed E-state index contributed by atoms with van der Waals surface area (Å²) in [6.45, 7) is 1.45. The number of hydrogen-bond acceptors (Lipinski definition) is 3. The Labute approximate surface area is 93.5 Å². The maximum absolute atomic E-state index is 13.3. The van der Waals surface area contributed by atoms with E-state index in [9.17, 15) is 8.78 Å². The summed E-state index contributed by atoms with van der Waals surface area (Å²) in [5, 5.41) is 3.32. The molecule has 16 heavy (non-hydrogen) atoms. The van der Waals surface area contributed by atoms with Gasteiger partial charge in [-0.15, -0.1) is 0 Å². The first kappa shape index (κ1) is 11.3. The van der Waals surface area contributed by atoms with Crippen molar-refractivity contribution < 1.29 is 8.78 Å². The number of nitrogens with one attached hydrogen (secondary N) is 1. The zero-order valence-electron chi connectivity index (χ0n) is 9.21. The molecule has 1 aliphatic rings. The largest absolute Gasteiger partial charge is 0.356 e. The second-order valence-electron chi connectivity index (χ2n) is 4.11. The van der Waals surface area contributed by atoms with Crippen LogP contribution in [0.15, 0.2) is 12.3 Å². The molecule has 0 unspecified atom stereocenters. The lowest BCUT2D eigenvalue weighted by molar-refractivity contribution is 0.568. The minimum atomic E-state index is -0.647. The second kappa shape index (κ2) is 4.74. The Bertz CT molecular complexity index is 366. The highest BCUT2D eigenvalue weighted by Gasteiger charge is 2.20. The summed E-state index contributed by atoms with van der Waals surface area (Å²) in [5.74, 6) is -1.07. The molecule has 0 amide bonds. The van der Waals surface area contributed by atoms with Gasteiger partial charge in [-0.3, -0.25) is 0 Å². The third-order valence-corrected chi connectivity index (χ3v) is 2.61. The molecule has 0 bridgehead atoms. The molecule has 0 saturated heterocycles. The van der Waals surface area contributed by atoms with Gasteiger partial charge in [-0.2, -0.15) is 0 Å². The summed E-state index contributed by atoms with van der Waals surface area (Å²) in [7, 11) is 1.75. The molecule has 5 heteroatoms. The van der Waals surface area contributed by atoms with E-state index in [2.05, 4.69) is 10.3 Å². The van der Waals surface area contributed by atoms with Crippen LogP contribution < -0.4 is 10.2 Å². The highest BCUT2D eigenvalue weighted by atomic mass is 19.1. The maximum atomic E-state index is 13.3. The van der Waals surface area contributed by atoms with E-state index < -0.39 is 11.6 Å². The third kappa shape index (κ3) is 2.88. The van der Waals surface area contributed by atoms with Crippen LogP contribution >= 0.6 is 0 Å². The SMILES string of the molecule is CN(CCNC1CC1)c1ncc(F)cc1F. The van der Waals surface area contributed by atoms with Crippen LogP contribution in [0.5, 0.6) is 0 Å². The number of aromatic nitrogens is 1. The first-order chi connectivity index (χ1) is 7.66. The predicted octanol–water partition coefficient (Wildman–Crippen LogP) is 1.55. The number of halogens is 2. The predicted molar refractivity (Wildman–Crippen MR) is 58.4 cm³/mol. The molecule has 1 aromatic heterocycles. The topological polar surface area (TPSA) is 28.2 Å². The monoisotopic (exact) mass is 227 g/mol. The summed E-state index contributed by atoms with van der Waals surface area (Å²) in [4.78, 5) is 5.42. The van der Waals surface area contributed by atoms with E-state index in [1.807, 2.05) is 0 Å². The molecule has 0 radical (unpaired) electrons. The molecule has 0 aromatic carbocycles. The Morgan fingerprint density at radius 3 is 2.88 bits per heavy atom. The minimum absolute atomic E-state index is 0.194. The van der Waals surface area contributed by atoms with E-state index in [1.165, 1.54) is 12.8 Å². The van der Waals surface area contributed by atoms with Gasteiger partial charge in [0.25, 0.3) is 0 Å². The molecular weight excluding hydrogens is 212 g/mol. The van der Waals surface area contributed by atoms with Gasteiger partial charge in [0.05, 0.1) is 6.20 Å². The standard InChI is InChI=1S/C11H15F2N3/c1-16(5-4-14-9-2-3-9)11-10(13)6-8(12)7-15-11/h6-7,9,14H,2-5H2,1H3. The fourth-order valence-electron chi connectivity index (χ4n) is 1.52. The van der Waals surface area contributed by atoms with Crippen LogP contribution in [0.1, 0.15) is 12.8 Å². The Kier molecular flexibility index (Phi) is 3.33. The first-order valence-corrected chi connectivity index (χ1v) is 5.42. The van der Waals surface area contributed by atoms with E-state index in [-0.39, 0.29) is 5.82 Å². The number of likely N-dealkylation sites (N-methyl/N-ethyl adjacent to an activating group) is 1. The fourth-order valence-corrected chi connectivity index (χ4v) is 1.52. The molecule has 1 N–H and O–H groups in total. The van der Waals surface area contributed by atoms with Crippen molar-refractivity contribution in [3.05, 3.63) is 23.9 Å². The number of nitrogens with zero attached hydrogens (tertiary/aromatic N) is 2. The highest BCUT2D eigenvalue weighted by Crippen LogP contribution is 2.18. The fraction of sp³-hybridized carbons (Fsp3) is 0.545. The van der Waals surface area contributed by atoms with Gasteiger partial charge in [0, 0.05) is 32.2 Å². The number of anilines is 1. The van der Waals surface area contributed by atoms with E-state index in [0.29, 0.717) is 12.6 Å². The molecular formula is C11H15F2N3. The Balaban J connectivity index is 1.88. The second-order valence-corrected chi connectivity index (χ2v) is 4.11. The Hall–Kier alpha value is -1.23. The molecule has 1 aromatic rings. The van der Waals surface area contributed by atoms with Gasteiger partial charge in [-0.25, -0.2) is 13.8 Å². The molecule has 1 saturated carbocycles. The first-order valence-electron chi connectivity index (χ1n) is 5.42. The molecule has 0 atom stereocenters. The molecule has 0 spiro atoms. The minimum Gasteiger partial charge on any atom is -0.356 e. The van der Waals surface area contributed by atoms with Crippen LogP contribution in [0.4, 0.5) is 14.6 Å². The van der Waals surface area contributed by atoms with Crippen molar-refractivity contribution in [1.29, 1.82) is 0 Å². The molecule has 3 nitrogen and oxygen atoms in total. The van der Waals surface area contributed by atoms with Crippen molar-refractivity contribution in [3.8, 4) is 0 Å². The van der Waals surface area contributed by atoms with Gasteiger partial charge in [0.2, 0.25) is 0 Å². The van der Waals surface area contributed by atoms with Crippen molar-refractivity contribution >= 4 is 5.82 Å². The lowest BCUT2D eigenvalue weighted by atomic mass is 10.4. The lowest BCUT2D eigenvalue weighted by Crippen LogP contribution is -2.31. The molecule has 88 valence electrons. The highest BCUT2D eigenvalue weighted by molar-refractivity contribution is 5.38. The summed E-state index contributed by atoms with van der Waals surface area (Å²) in [6, 6.07) is 1.49. The van der Waals surface area contributed by atoms with Crippen LogP contribution in [-0.4, -0.2) is 31.2 Å². The summed E-state index contributed by atoms with van der Waals surface area (Å²) >= 11 is 0. The Morgan fingerprint density at radius 1 is 1.50 bits per heavy atom. The third-order valence-electron chi connectivity index (χ3n) is 2.61. The maximum Gasteiger partial charge on any atom is 0.168 e. The lowest BCUT2D eigenvalue weighted by Gasteiger charge is -2.18. The van der Waals surface area contributed by atoms with E-state index in [1.54, 1.807) is 11.9 Å². The van der Waals surface area contributed by atoms with Crippen molar-refractivity contribution in [3.63, 3.8) is 0 Å². The smallest absolute Gasteiger partial charge is 0.168 e. The van der Waals surface area contributed by atoms with Crippen LogP contribution in [0.2, 0.25) is 0 Å². The summed E-state index contributed by atoms with van der Waals surface area (Å²) in [6.07, 6.45) is 3.49. The van der Waals surface area contributed by atoms with Gasteiger partial charge in [0.1, 0.15) is 5.82 Å². The Morgan fingerprint density at radius 2 is 2.25 bits per heavy atom. The number of rotatable bonds is 5. The van der Waals surface area contributed by atoms with Crippen LogP contribution in [0.3, 0.4) is 0 Å². The van der Waals surface area contributed by atoms with E-state index in [4.69, 9.17) is 0 Å². The van der Waals surface area contributed by atoms with Crippen LogP contribution in [-0.2, 0) is 0 Å². The van der Waals surface area contributed by atoms with Gasteiger partial charge in [-0.05, 0) is 12.8 Å². The van der Waals surface area contributed by atoms with Crippen molar-refractivity contribution in [2.24, 2.45) is 0 Å². The molecule has 1 aliphatic carbocycles. The quantitative estimate of drug-likeness (QED) is 0.827. The zero-order valence-corrected chi connectivity index (χ0v) is 9.21. The van der Waals surface area contributed by atoms with Gasteiger partial charge in [-0.1, -0.05) is 0 Å². The van der Waals surface area contributed by atoms with E-state index in [0.717, 1.165) is 18.8 Å².